The summed E-state index contributed by atoms with van der Waals surface area (Å²) in [5.74, 6) is 0. The molecule has 0 unspecified atom stereocenters. The minimum absolute atomic E-state index is 0.406. The minimum Gasteiger partial charge on any atom is -0.284 e. The SMILES string of the molecule is CS(=O)(=O)Nc1ccc2c(Cl)nccc2c1. The van der Waals surface area contributed by atoms with Crippen LogP contribution in [-0.2, 0) is 10.0 Å². The van der Waals surface area contributed by atoms with Gasteiger partial charge in [-0.05, 0) is 29.7 Å². The van der Waals surface area contributed by atoms with Crippen molar-refractivity contribution in [3.8, 4) is 0 Å². The van der Waals surface area contributed by atoms with Gasteiger partial charge in [-0.25, -0.2) is 13.4 Å². The maximum Gasteiger partial charge on any atom is 0.229 e. The lowest BCUT2D eigenvalue weighted by molar-refractivity contribution is 0.607. The number of halogens is 1. The monoisotopic (exact) mass is 256 g/mol. The zero-order chi connectivity index (χ0) is 11.8. The summed E-state index contributed by atoms with van der Waals surface area (Å²) < 4.78 is 24.5. The molecule has 4 nitrogen and oxygen atoms in total. The molecule has 0 spiro atoms. The van der Waals surface area contributed by atoms with Crippen LogP contribution in [0.4, 0.5) is 5.69 Å². The number of sulfonamides is 1. The Kier molecular flexibility index (Phi) is 2.73. The molecular weight excluding hydrogens is 248 g/mol. The number of benzene rings is 1. The van der Waals surface area contributed by atoms with Crippen LogP contribution in [0.3, 0.4) is 0 Å². The lowest BCUT2D eigenvalue weighted by atomic mass is 10.1. The van der Waals surface area contributed by atoms with Gasteiger partial charge >= 0.3 is 0 Å². The van der Waals surface area contributed by atoms with Gasteiger partial charge in [0.05, 0.1) is 6.26 Å². The van der Waals surface area contributed by atoms with Crippen LogP contribution in [0, 0.1) is 0 Å². The van der Waals surface area contributed by atoms with Gasteiger partial charge in [0.15, 0.2) is 0 Å². The number of pyridine rings is 1. The first kappa shape index (κ1) is 11.2. The van der Waals surface area contributed by atoms with E-state index >= 15 is 0 Å². The molecule has 0 atom stereocenters. The summed E-state index contributed by atoms with van der Waals surface area (Å²) in [5, 5.41) is 2.04. The van der Waals surface area contributed by atoms with Crippen LogP contribution in [0.2, 0.25) is 5.15 Å². The zero-order valence-electron chi connectivity index (χ0n) is 8.44. The molecular formula is C10H9ClN2O2S. The molecule has 0 aliphatic rings. The second-order valence-corrected chi connectivity index (χ2v) is 5.52. The fourth-order valence-electron chi connectivity index (χ4n) is 1.42. The fraction of sp³-hybridized carbons (Fsp3) is 0.100. The minimum atomic E-state index is -3.25. The molecule has 0 aliphatic carbocycles. The molecule has 84 valence electrons. The average Bonchev–Trinajstić information content (AvgIpc) is 2.15. The Morgan fingerprint density at radius 2 is 2.06 bits per heavy atom. The van der Waals surface area contributed by atoms with Gasteiger partial charge < -0.3 is 0 Å². The maximum atomic E-state index is 11.1. The molecule has 0 amide bonds. The molecule has 6 heteroatoms. The second-order valence-electron chi connectivity index (χ2n) is 3.41. The third-order valence-electron chi connectivity index (χ3n) is 2.02. The predicted molar refractivity (Wildman–Crippen MR) is 65.2 cm³/mol. The standard InChI is InChI=1S/C10H9ClN2O2S/c1-16(14,15)13-8-2-3-9-7(6-8)4-5-12-10(9)11/h2-6,13H,1H3. The second kappa shape index (κ2) is 3.92. The number of rotatable bonds is 2. The van der Waals surface area contributed by atoms with Crippen molar-refractivity contribution in [3.05, 3.63) is 35.6 Å². The molecule has 0 saturated heterocycles. The molecule has 0 aliphatic heterocycles. The summed E-state index contributed by atoms with van der Waals surface area (Å²) in [5.41, 5.74) is 0.511. The quantitative estimate of drug-likeness (QED) is 0.839. The Labute approximate surface area is 98.3 Å². The van der Waals surface area contributed by atoms with E-state index in [0.29, 0.717) is 10.8 Å². The summed E-state index contributed by atoms with van der Waals surface area (Å²) in [6, 6.07) is 6.87. The van der Waals surface area contributed by atoms with Crippen LogP contribution < -0.4 is 4.72 Å². The topological polar surface area (TPSA) is 59.1 Å². The van der Waals surface area contributed by atoms with Gasteiger partial charge in [-0.3, -0.25) is 4.72 Å². The largest absolute Gasteiger partial charge is 0.284 e. The lowest BCUT2D eigenvalue weighted by Gasteiger charge is -2.05. The molecule has 1 aromatic heterocycles. The zero-order valence-corrected chi connectivity index (χ0v) is 10.0. The predicted octanol–water partition coefficient (Wildman–Crippen LogP) is 2.26. The van der Waals surface area contributed by atoms with Gasteiger partial charge in [0.2, 0.25) is 10.0 Å². The van der Waals surface area contributed by atoms with E-state index in [9.17, 15) is 8.42 Å². The average molecular weight is 257 g/mol. The van der Waals surface area contributed by atoms with Crippen molar-refractivity contribution in [2.45, 2.75) is 0 Å². The Balaban J connectivity index is 2.53. The molecule has 0 radical (unpaired) electrons. The van der Waals surface area contributed by atoms with Crippen LogP contribution >= 0.6 is 11.6 Å². The highest BCUT2D eigenvalue weighted by molar-refractivity contribution is 7.92. The third-order valence-corrected chi connectivity index (χ3v) is 2.93. The first-order chi connectivity index (χ1) is 7.46. The van der Waals surface area contributed by atoms with E-state index in [1.54, 1.807) is 30.5 Å². The van der Waals surface area contributed by atoms with Gasteiger partial charge in [-0.2, -0.15) is 0 Å². The molecule has 1 N–H and O–H groups in total. The van der Waals surface area contributed by atoms with E-state index in [-0.39, 0.29) is 0 Å². The summed E-state index contributed by atoms with van der Waals surface area (Å²) in [6.07, 6.45) is 2.69. The van der Waals surface area contributed by atoms with Crippen LogP contribution in [0.25, 0.3) is 10.8 Å². The van der Waals surface area contributed by atoms with Crippen molar-refractivity contribution in [1.29, 1.82) is 0 Å². The number of nitrogens with one attached hydrogen (secondary N) is 1. The Hall–Kier alpha value is -1.33. The Morgan fingerprint density at radius 3 is 2.75 bits per heavy atom. The normalized spacial score (nSPS) is 11.6. The van der Waals surface area contributed by atoms with Crippen LogP contribution in [0.1, 0.15) is 0 Å². The van der Waals surface area contributed by atoms with Gasteiger partial charge in [-0.1, -0.05) is 11.6 Å². The number of fused-ring (bicyclic) bond motifs is 1. The van der Waals surface area contributed by atoms with Crippen molar-refractivity contribution < 1.29 is 8.42 Å². The van der Waals surface area contributed by atoms with Crippen LogP contribution in [-0.4, -0.2) is 19.7 Å². The van der Waals surface area contributed by atoms with Crippen molar-refractivity contribution in [3.63, 3.8) is 0 Å². The third kappa shape index (κ3) is 2.43. The number of hydrogen-bond acceptors (Lipinski definition) is 3. The Bertz CT molecular complexity index is 640. The number of hydrogen-bond donors (Lipinski definition) is 1. The maximum absolute atomic E-state index is 11.1. The lowest BCUT2D eigenvalue weighted by Crippen LogP contribution is -2.09. The molecule has 1 aromatic carbocycles. The summed E-state index contributed by atoms with van der Waals surface area (Å²) >= 11 is 5.89. The van der Waals surface area contributed by atoms with Crippen LogP contribution in [0.15, 0.2) is 30.5 Å². The molecule has 1 heterocycles. The highest BCUT2D eigenvalue weighted by Gasteiger charge is 2.04. The van der Waals surface area contributed by atoms with E-state index in [0.717, 1.165) is 17.0 Å². The van der Waals surface area contributed by atoms with Crippen molar-refractivity contribution in [2.75, 3.05) is 11.0 Å². The molecule has 2 rings (SSSR count). The molecule has 16 heavy (non-hydrogen) atoms. The van der Waals surface area contributed by atoms with Crippen molar-refractivity contribution in [1.82, 2.24) is 4.98 Å². The van der Waals surface area contributed by atoms with Gasteiger partial charge in [-0.15, -0.1) is 0 Å². The molecule has 0 saturated carbocycles. The van der Waals surface area contributed by atoms with E-state index in [4.69, 9.17) is 11.6 Å². The molecule has 0 fully saturated rings. The van der Waals surface area contributed by atoms with Crippen molar-refractivity contribution in [2.24, 2.45) is 0 Å². The number of aromatic nitrogens is 1. The van der Waals surface area contributed by atoms with Crippen molar-refractivity contribution >= 4 is 38.1 Å². The van der Waals surface area contributed by atoms with Crippen LogP contribution in [0.5, 0.6) is 0 Å². The highest BCUT2D eigenvalue weighted by Crippen LogP contribution is 2.24. The number of nitrogens with zero attached hydrogens (tertiary/aromatic N) is 1. The highest BCUT2D eigenvalue weighted by atomic mass is 35.5. The summed E-state index contributed by atoms with van der Waals surface area (Å²) in [7, 11) is -3.25. The van der Waals surface area contributed by atoms with E-state index in [1.165, 1.54) is 0 Å². The summed E-state index contributed by atoms with van der Waals surface area (Å²) in [4.78, 5) is 3.94. The van der Waals surface area contributed by atoms with Gasteiger partial charge in [0, 0.05) is 17.3 Å². The first-order valence-electron chi connectivity index (χ1n) is 4.48. The fourth-order valence-corrected chi connectivity index (χ4v) is 2.20. The molecule has 0 bridgehead atoms. The van der Waals surface area contributed by atoms with Gasteiger partial charge in [0.25, 0.3) is 0 Å². The Morgan fingerprint density at radius 1 is 1.31 bits per heavy atom. The van der Waals surface area contributed by atoms with E-state index in [1.807, 2.05) is 0 Å². The van der Waals surface area contributed by atoms with Gasteiger partial charge in [0.1, 0.15) is 5.15 Å². The summed E-state index contributed by atoms with van der Waals surface area (Å²) in [6.45, 7) is 0. The smallest absolute Gasteiger partial charge is 0.229 e. The number of anilines is 1. The molecule has 2 aromatic rings. The van der Waals surface area contributed by atoms with E-state index < -0.39 is 10.0 Å². The van der Waals surface area contributed by atoms with E-state index in [2.05, 4.69) is 9.71 Å². The first-order valence-corrected chi connectivity index (χ1v) is 6.75.